The fourth-order valence-corrected chi connectivity index (χ4v) is 1.88. The molecule has 2 nitrogen and oxygen atoms in total. The first-order chi connectivity index (χ1) is 5.59. The lowest BCUT2D eigenvalue weighted by Gasteiger charge is -2.11. The Morgan fingerprint density at radius 3 is 2.58 bits per heavy atom. The van der Waals surface area contributed by atoms with E-state index in [0.717, 1.165) is 12.8 Å². The summed E-state index contributed by atoms with van der Waals surface area (Å²) in [5.74, 6) is 1.58. The van der Waals surface area contributed by atoms with Crippen LogP contribution in [0.3, 0.4) is 0 Å². The van der Waals surface area contributed by atoms with Crippen molar-refractivity contribution < 1.29 is 9.59 Å². The molecule has 1 rings (SSSR count). The second-order valence-corrected chi connectivity index (χ2v) is 3.92. The second kappa shape index (κ2) is 3.83. The van der Waals surface area contributed by atoms with Crippen LogP contribution in [0, 0.1) is 11.8 Å². The number of hydrogen-bond donors (Lipinski definition) is 0. The van der Waals surface area contributed by atoms with E-state index >= 15 is 0 Å². The van der Waals surface area contributed by atoms with Gasteiger partial charge < -0.3 is 4.79 Å². The molecule has 0 spiro atoms. The van der Waals surface area contributed by atoms with Crippen LogP contribution >= 0.6 is 0 Å². The topological polar surface area (TPSA) is 34.1 Å². The first-order valence-electron chi connectivity index (χ1n) is 4.60. The van der Waals surface area contributed by atoms with E-state index in [4.69, 9.17) is 0 Å². The van der Waals surface area contributed by atoms with Crippen molar-refractivity contribution in [3.05, 3.63) is 0 Å². The summed E-state index contributed by atoms with van der Waals surface area (Å²) in [6.07, 6.45) is 2.97. The van der Waals surface area contributed by atoms with Gasteiger partial charge in [0.05, 0.1) is 0 Å². The minimum Gasteiger partial charge on any atom is -0.300 e. The van der Waals surface area contributed by atoms with E-state index in [2.05, 4.69) is 6.92 Å². The Hall–Kier alpha value is -0.660. The SMILES string of the molecule is CC(=O)CCC1CC(=O)CC1C. The molecule has 1 fully saturated rings. The summed E-state index contributed by atoms with van der Waals surface area (Å²) < 4.78 is 0. The highest BCUT2D eigenvalue weighted by atomic mass is 16.1. The van der Waals surface area contributed by atoms with Gasteiger partial charge in [-0.3, -0.25) is 4.79 Å². The van der Waals surface area contributed by atoms with Crippen LogP contribution in [0.15, 0.2) is 0 Å². The molecule has 0 aliphatic heterocycles. The quantitative estimate of drug-likeness (QED) is 0.645. The van der Waals surface area contributed by atoms with Gasteiger partial charge >= 0.3 is 0 Å². The molecule has 2 unspecified atom stereocenters. The normalized spacial score (nSPS) is 29.3. The van der Waals surface area contributed by atoms with E-state index < -0.39 is 0 Å². The van der Waals surface area contributed by atoms with Crippen molar-refractivity contribution in [3.8, 4) is 0 Å². The largest absolute Gasteiger partial charge is 0.300 e. The van der Waals surface area contributed by atoms with Crippen LogP contribution in [0.4, 0.5) is 0 Å². The molecule has 0 heterocycles. The minimum atomic E-state index is 0.238. The molecule has 1 aliphatic carbocycles. The van der Waals surface area contributed by atoms with Crippen LogP contribution in [0.2, 0.25) is 0 Å². The highest BCUT2D eigenvalue weighted by Gasteiger charge is 2.29. The van der Waals surface area contributed by atoms with Crippen LogP contribution in [0.1, 0.15) is 39.5 Å². The van der Waals surface area contributed by atoms with Crippen LogP contribution in [0.5, 0.6) is 0 Å². The monoisotopic (exact) mass is 168 g/mol. The summed E-state index contributed by atoms with van der Waals surface area (Å²) in [5, 5.41) is 0. The van der Waals surface area contributed by atoms with Gasteiger partial charge in [-0.15, -0.1) is 0 Å². The van der Waals surface area contributed by atoms with Crippen molar-refractivity contribution in [1.29, 1.82) is 0 Å². The number of carbonyl (C=O) groups excluding carboxylic acids is 2. The maximum absolute atomic E-state index is 11.0. The fraction of sp³-hybridized carbons (Fsp3) is 0.800. The maximum Gasteiger partial charge on any atom is 0.133 e. The van der Waals surface area contributed by atoms with Gasteiger partial charge in [-0.25, -0.2) is 0 Å². The standard InChI is InChI=1S/C10H16O2/c1-7-5-10(12)6-9(7)4-3-8(2)11/h7,9H,3-6H2,1-2H3. The lowest BCUT2D eigenvalue weighted by Crippen LogP contribution is -2.05. The zero-order chi connectivity index (χ0) is 9.14. The maximum atomic E-state index is 11.0. The fourth-order valence-electron chi connectivity index (χ4n) is 1.88. The Morgan fingerprint density at radius 1 is 1.50 bits per heavy atom. The second-order valence-electron chi connectivity index (χ2n) is 3.92. The molecular formula is C10H16O2. The molecule has 68 valence electrons. The number of Topliss-reactive ketones (excluding diaryl/α,β-unsaturated/α-hetero) is 2. The van der Waals surface area contributed by atoms with Crippen molar-refractivity contribution in [2.24, 2.45) is 11.8 Å². The van der Waals surface area contributed by atoms with Gasteiger partial charge in [-0.05, 0) is 25.2 Å². The van der Waals surface area contributed by atoms with Gasteiger partial charge in [-0.1, -0.05) is 6.92 Å². The van der Waals surface area contributed by atoms with Crippen molar-refractivity contribution >= 4 is 11.6 Å². The molecule has 2 heteroatoms. The molecule has 0 N–H and O–H groups in total. The zero-order valence-corrected chi connectivity index (χ0v) is 7.80. The summed E-state index contributed by atoms with van der Waals surface area (Å²) >= 11 is 0. The Balaban J connectivity index is 2.33. The van der Waals surface area contributed by atoms with Gasteiger partial charge in [0.25, 0.3) is 0 Å². The van der Waals surface area contributed by atoms with Gasteiger partial charge in [0.2, 0.25) is 0 Å². The van der Waals surface area contributed by atoms with Gasteiger partial charge in [0, 0.05) is 19.3 Å². The van der Waals surface area contributed by atoms with Crippen molar-refractivity contribution in [2.45, 2.75) is 39.5 Å². The van der Waals surface area contributed by atoms with E-state index in [1.807, 2.05) is 0 Å². The number of ketones is 2. The minimum absolute atomic E-state index is 0.238. The number of hydrogen-bond acceptors (Lipinski definition) is 2. The average Bonchev–Trinajstić information content (AvgIpc) is 2.26. The van der Waals surface area contributed by atoms with E-state index in [-0.39, 0.29) is 5.78 Å². The summed E-state index contributed by atoms with van der Waals surface area (Å²) in [6.45, 7) is 3.72. The lowest BCUT2D eigenvalue weighted by atomic mass is 9.92. The van der Waals surface area contributed by atoms with Crippen molar-refractivity contribution in [3.63, 3.8) is 0 Å². The Labute approximate surface area is 73.3 Å². The van der Waals surface area contributed by atoms with Crippen LogP contribution in [-0.2, 0) is 9.59 Å². The Bertz CT molecular complexity index is 196. The predicted octanol–water partition coefficient (Wildman–Crippen LogP) is 1.97. The van der Waals surface area contributed by atoms with E-state index in [9.17, 15) is 9.59 Å². The smallest absolute Gasteiger partial charge is 0.133 e. The summed E-state index contributed by atoms with van der Waals surface area (Å²) in [4.78, 5) is 21.7. The molecule has 0 aromatic rings. The van der Waals surface area contributed by atoms with Crippen LogP contribution in [-0.4, -0.2) is 11.6 Å². The first-order valence-corrected chi connectivity index (χ1v) is 4.60. The molecule has 1 saturated carbocycles. The third-order valence-electron chi connectivity index (χ3n) is 2.71. The first kappa shape index (κ1) is 9.43. The molecule has 0 radical (unpaired) electrons. The number of rotatable bonds is 3. The third-order valence-corrected chi connectivity index (χ3v) is 2.71. The molecular weight excluding hydrogens is 152 g/mol. The molecule has 0 aromatic heterocycles. The molecule has 1 aliphatic rings. The van der Waals surface area contributed by atoms with Gasteiger partial charge in [0.1, 0.15) is 11.6 Å². The summed E-state index contributed by atoms with van der Waals surface area (Å²) in [7, 11) is 0. The molecule has 0 aromatic carbocycles. The Morgan fingerprint density at radius 2 is 2.17 bits per heavy atom. The van der Waals surface area contributed by atoms with Gasteiger partial charge in [-0.2, -0.15) is 0 Å². The molecule has 0 bridgehead atoms. The van der Waals surface area contributed by atoms with Crippen LogP contribution in [0.25, 0.3) is 0 Å². The van der Waals surface area contributed by atoms with E-state index in [0.29, 0.717) is 30.5 Å². The molecule has 0 amide bonds. The van der Waals surface area contributed by atoms with Gasteiger partial charge in [0.15, 0.2) is 0 Å². The third kappa shape index (κ3) is 2.43. The molecule has 2 atom stereocenters. The van der Waals surface area contributed by atoms with Crippen molar-refractivity contribution in [2.75, 3.05) is 0 Å². The van der Waals surface area contributed by atoms with Crippen LogP contribution < -0.4 is 0 Å². The highest BCUT2D eigenvalue weighted by molar-refractivity contribution is 5.81. The van der Waals surface area contributed by atoms with E-state index in [1.165, 1.54) is 0 Å². The van der Waals surface area contributed by atoms with Crippen molar-refractivity contribution in [1.82, 2.24) is 0 Å². The van der Waals surface area contributed by atoms with E-state index in [1.54, 1.807) is 6.92 Å². The highest BCUT2D eigenvalue weighted by Crippen LogP contribution is 2.31. The molecule has 0 saturated heterocycles. The summed E-state index contributed by atoms with van der Waals surface area (Å²) in [6, 6.07) is 0. The molecule has 12 heavy (non-hydrogen) atoms. The number of carbonyl (C=O) groups is 2. The predicted molar refractivity (Wildman–Crippen MR) is 46.8 cm³/mol. The zero-order valence-electron chi connectivity index (χ0n) is 7.80. The average molecular weight is 168 g/mol. The Kier molecular flexibility index (Phi) is 3.01. The summed E-state index contributed by atoms with van der Waals surface area (Å²) in [5.41, 5.74) is 0. The lowest BCUT2D eigenvalue weighted by molar-refractivity contribution is -0.119.